The Morgan fingerprint density at radius 1 is 1.70 bits per heavy atom. The molecule has 0 heterocycles. The second-order valence-corrected chi connectivity index (χ2v) is 1.99. The summed E-state index contributed by atoms with van der Waals surface area (Å²) >= 11 is 0. The molecule has 0 aromatic heterocycles. The van der Waals surface area contributed by atoms with Gasteiger partial charge in [-0.25, -0.2) is 5.26 Å². The largest absolute Gasteiger partial charge is 0.357 e. The Labute approximate surface area is 58.7 Å². The standard InChI is InChI=1S/C6H9O4/c1-4(2)5(7)6(3,8)10-9/h8-9H,1,3H2,2H3. The maximum absolute atomic E-state index is 10.7. The van der Waals surface area contributed by atoms with Gasteiger partial charge in [0, 0.05) is 6.92 Å². The van der Waals surface area contributed by atoms with E-state index in [0.717, 1.165) is 0 Å². The number of ketones is 1. The van der Waals surface area contributed by atoms with E-state index < -0.39 is 11.6 Å². The Bertz CT molecular complexity index is 159. The maximum Gasteiger partial charge on any atom is 0.262 e. The van der Waals surface area contributed by atoms with Crippen LogP contribution in [0.5, 0.6) is 0 Å². The third-order valence-electron chi connectivity index (χ3n) is 0.893. The van der Waals surface area contributed by atoms with Gasteiger partial charge in [-0.2, -0.15) is 4.89 Å². The van der Waals surface area contributed by atoms with Crippen LogP contribution < -0.4 is 0 Å². The summed E-state index contributed by atoms with van der Waals surface area (Å²) in [4.78, 5) is 14.1. The van der Waals surface area contributed by atoms with Gasteiger partial charge in [0.25, 0.3) is 5.79 Å². The van der Waals surface area contributed by atoms with Gasteiger partial charge in [-0.05, 0) is 12.5 Å². The highest BCUT2D eigenvalue weighted by molar-refractivity contribution is 6.00. The number of carbonyl (C=O) groups excluding carboxylic acids is 1. The van der Waals surface area contributed by atoms with Gasteiger partial charge in [0.05, 0.1) is 0 Å². The number of hydrogen-bond donors (Lipinski definition) is 2. The van der Waals surface area contributed by atoms with Crippen molar-refractivity contribution in [2.24, 2.45) is 0 Å². The van der Waals surface area contributed by atoms with Crippen LogP contribution in [0.2, 0.25) is 0 Å². The third-order valence-corrected chi connectivity index (χ3v) is 0.893. The summed E-state index contributed by atoms with van der Waals surface area (Å²) in [7, 11) is 0. The fourth-order valence-corrected chi connectivity index (χ4v) is 0.375. The second kappa shape index (κ2) is 2.92. The van der Waals surface area contributed by atoms with Gasteiger partial charge in [0.1, 0.15) is 0 Å². The molecule has 10 heavy (non-hydrogen) atoms. The van der Waals surface area contributed by atoms with Crippen molar-refractivity contribution >= 4 is 5.78 Å². The molecule has 0 rings (SSSR count). The maximum atomic E-state index is 10.7. The molecule has 0 bridgehead atoms. The molecular weight excluding hydrogens is 136 g/mol. The average Bonchev–Trinajstić information content (AvgIpc) is 1.86. The molecule has 1 atom stereocenters. The minimum Gasteiger partial charge on any atom is -0.357 e. The van der Waals surface area contributed by atoms with Crippen molar-refractivity contribution in [3.05, 3.63) is 19.1 Å². The van der Waals surface area contributed by atoms with Gasteiger partial charge in [-0.15, -0.1) is 0 Å². The molecular formula is C6H9O4. The van der Waals surface area contributed by atoms with Crippen molar-refractivity contribution in [2.45, 2.75) is 12.7 Å². The summed E-state index contributed by atoms with van der Waals surface area (Å²) in [5.41, 5.74) is 0.0616. The summed E-state index contributed by atoms with van der Waals surface area (Å²) in [5.74, 6) is -3.26. The first kappa shape index (κ1) is 9.29. The van der Waals surface area contributed by atoms with E-state index >= 15 is 0 Å². The summed E-state index contributed by atoms with van der Waals surface area (Å²) in [5, 5.41) is 16.7. The highest BCUT2D eigenvalue weighted by Crippen LogP contribution is 2.09. The van der Waals surface area contributed by atoms with Crippen molar-refractivity contribution < 1.29 is 20.0 Å². The van der Waals surface area contributed by atoms with Crippen molar-refractivity contribution in [3.8, 4) is 0 Å². The smallest absolute Gasteiger partial charge is 0.262 e. The number of rotatable bonds is 3. The average molecular weight is 145 g/mol. The van der Waals surface area contributed by atoms with Crippen LogP contribution in [-0.2, 0) is 9.68 Å². The van der Waals surface area contributed by atoms with Crippen LogP contribution in [0.4, 0.5) is 0 Å². The van der Waals surface area contributed by atoms with Crippen molar-refractivity contribution in [1.82, 2.24) is 0 Å². The molecule has 2 N–H and O–H groups in total. The quantitative estimate of drug-likeness (QED) is 0.256. The lowest BCUT2D eigenvalue weighted by Gasteiger charge is -2.16. The normalized spacial score (nSPS) is 16.0. The van der Waals surface area contributed by atoms with Gasteiger partial charge >= 0.3 is 0 Å². The summed E-state index contributed by atoms with van der Waals surface area (Å²) in [6.45, 7) is 7.48. The predicted octanol–water partition coefficient (Wildman–Crippen LogP) is 0.144. The fraction of sp³-hybridized carbons (Fsp3) is 0.333. The molecule has 0 aliphatic carbocycles. The van der Waals surface area contributed by atoms with E-state index in [4.69, 9.17) is 10.4 Å². The van der Waals surface area contributed by atoms with Crippen LogP contribution in [0.3, 0.4) is 0 Å². The molecule has 4 nitrogen and oxygen atoms in total. The van der Waals surface area contributed by atoms with E-state index in [2.05, 4.69) is 18.4 Å². The topological polar surface area (TPSA) is 66.8 Å². The van der Waals surface area contributed by atoms with E-state index in [1.54, 1.807) is 0 Å². The van der Waals surface area contributed by atoms with Crippen LogP contribution in [0.25, 0.3) is 0 Å². The van der Waals surface area contributed by atoms with Gasteiger partial charge in [0.15, 0.2) is 0 Å². The highest BCUT2D eigenvalue weighted by atomic mass is 17.1. The predicted molar refractivity (Wildman–Crippen MR) is 33.8 cm³/mol. The summed E-state index contributed by atoms with van der Waals surface area (Å²) < 4.78 is 0. The minimum atomic E-state index is -2.41. The molecule has 0 spiro atoms. The molecule has 4 heteroatoms. The first-order valence-electron chi connectivity index (χ1n) is 2.52. The highest BCUT2D eigenvalue weighted by Gasteiger charge is 2.32. The molecule has 0 saturated heterocycles. The Balaban J connectivity index is 4.33. The van der Waals surface area contributed by atoms with Gasteiger partial charge in [-0.3, -0.25) is 4.79 Å². The van der Waals surface area contributed by atoms with E-state index in [9.17, 15) is 4.79 Å². The van der Waals surface area contributed by atoms with Crippen molar-refractivity contribution in [1.29, 1.82) is 0 Å². The lowest BCUT2D eigenvalue weighted by Crippen LogP contribution is -2.37. The van der Waals surface area contributed by atoms with Gasteiger partial charge < -0.3 is 5.11 Å². The van der Waals surface area contributed by atoms with Crippen LogP contribution >= 0.6 is 0 Å². The lowest BCUT2D eigenvalue weighted by atomic mass is 10.1. The number of aliphatic hydroxyl groups is 1. The zero-order chi connectivity index (χ0) is 8.36. The SMILES string of the molecule is [CH2]C(O)(OO)C(=O)C(=C)C. The molecule has 1 unspecified atom stereocenters. The monoisotopic (exact) mass is 145 g/mol. The molecule has 0 fully saturated rings. The minimum absolute atomic E-state index is 0.0616. The molecule has 1 radical (unpaired) electrons. The number of Topliss-reactive ketones (excluding diaryl/α,β-unsaturated/α-hetero) is 1. The van der Waals surface area contributed by atoms with Crippen molar-refractivity contribution in [3.63, 3.8) is 0 Å². The Hall–Kier alpha value is -0.710. The fourth-order valence-electron chi connectivity index (χ4n) is 0.375. The van der Waals surface area contributed by atoms with Crippen LogP contribution in [0.1, 0.15) is 6.92 Å². The number of hydrogen-bond acceptors (Lipinski definition) is 4. The summed E-state index contributed by atoms with van der Waals surface area (Å²) in [6, 6.07) is 0. The van der Waals surface area contributed by atoms with Gasteiger partial charge in [-0.1, -0.05) is 6.58 Å². The molecule has 0 aliphatic rings. The second-order valence-electron chi connectivity index (χ2n) is 1.99. The lowest BCUT2D eigenvalue weighted by molar-refractivity contribution is -0.355. The molecule has 57 valence electrons. The van der Waals surface area contributed by atoms with E-state index in [1.807, 2.05) is 0 Å². The first-order valence-corrected chi connectivity index (χ1v) is 2.52. The Kier molecular flexibility index (Phi) is 2.71. The van der Waals surface area contributed by atoms with Crippen molar-refractivity contribution in [2.75, 3.05) is 0 Å². The molecule has 0 aliphatic heterocycles. The van der Waals surface area contributed by atoms with E-state index in [0.29, 0.717) is 0 Å². The van der Waals surface area contributed by atoms with Crippen LogP contribution in [0, 0.1) is 6.92 Å². The molecule has 0 aromatic rings. The van der Waals surface area contributed by atoms with Crippen LogP contribution in [0.15, 0.2) is 12.2 Å². The first-order chi connectivity index (χ1) is 4.41. The van der Waals surface area contributed by atoms with Crippen LogP contribution in [-0.4, -0.2) is 21.9 Å². The Morgan fingerprint density at radius 3 is 2.20 bits per heavy atom. The molecule has 0 aromatic carbocycles. The number of carbonyl (C=O) groups is 1. The summed E-state index contributed by atoms with van der Waals surface area (Å²) in [6.07, 6.45) is 0. The zero-order valence-electron chi connectivity index (χ0n) is 5.63. The molecule has 0 amide bonds. The third kappa shape index (κ3) is 1.91. The Morgan fingerprint density at radius 2 is 2.10 bits per heavy atom. The zero-order valence-corrected chi connectivity index (χ0v) is 5.63. The molecule has 0 saturated carbocycles. The van der Waals surface area contributed by atoms with Gasteiger partial charge in [0.2, 0.25) is 5.78 Å². The van der Waals surface area contributed by atoms with E-state index in [1.165, 1.54) is 6.92 Å². The van der Waals surface area contributed by atoms with E-state index in [-0.39, 0.29) is 5.57 Å².